The minimum atomic E-state index is -0.960. The lowest BCUT2D eigenvalue weighted by molar-refractivity contribution is 0.0932. The number of carbonyl (C=O) groups excluding carboxylic acids is 1. The molecule has 1 aromatic carbocycles. The minimum absolute atomic E-state index is 0.116. The molecule has 1 amide bonds. The average molecular weight is 272 g/mol. The lowest BCUT2D eigenvalue weighted by Crippen LogP contribution is -2.37. The van der Waals surface area contributed by atoms with Gasteiger partial charge in [0.2, 0.25) is 0 Å². The van der Waals surface area contributed by atoms with Crippen molar-refractivity contribution in [1.82, 2.24) is 5.32 Å². The Labute approximate surface area is 96.0 Å². The van der Waals surface area contributed by atoms with E-state index in [-0.39, 0.29) is 11.8 Å². The van der Waals surface area contributed by atoms with Gasteiger partial charge < -0.3 is 5.32 Å². The Kier molecular flexibility index (Phi) is 2.78. The molecule has 2 atom stereocenters. The van der Waals surface area contributed by atoms with Crippen LogP contribution in [0.3, 0.4) is 0 Å². The van der Waals surface area contributed by atoms with E-state index in [4.69, 9.17) is 0 Å². The lowest BCUT2D eigenvalue weighted by Gasteiger charge is -2.26. The first-order chi connectivity index (χ1) is 7.09. The van der Waals surface area contributed by atoms with Crippen molar-refractivity contribution in [3.63, 3.8) is 0 Å². The maximum Gasteiger partial charge on any atom is 0.251 e. The largest absolute Gasteiger partial charge is 0.351 e. The summed E-state index contributed by atoms with van der Waals surface area (Å²) < 4.78 is 14.2. The van der Waals surface area contributed by atoms with Gasteiger partial charge in [-0.15, -0.1) is 0 Å². The number of hydrogen-bond donors (Lipinski definition) is 1. The number of hydrogen-bond acceptors (Lipinski definition) is 1. The molecule has 15 heavy (non-hydrogen) atoms. The van der Waals surface area contributed by atoms with E-state index in [1.807, 2.05) is 6.07 Å². The summed E-state index contributed by atoms with van der Waals surface area (Å²) in [5, 5.41) is 2.69. The smallest absolute Gasteiger partial charge is 0.251 e. The highest BCUT2D eigenvalue weighted by atomic mass is 79.9. The van der Waals surface area contributed by atoms with Gasteiger partial charge in [0, 0.05) is 22.5 Å². The van der Waals surface area contributed by atoms with E-state index >= 15 is 0 Å². The molecule has 0 saturated heterocycles. The van der Waals surface area contributed by atoms with Crippen molar-refractivity contribution in [3.8, 4) is 0 Å². The van der Waals surface area contributed by atoms with Crippen LogP contribution in [0.4, 0.5) is 4.39 Å². The summed E-state index contributed by atoms with van der Waals surface area (Å²) in [4.78, 5) is 11.5. The molecule has 2 nitrogen and oxygen atoms in total. The lowest BCUT2D eigenvalue weighted by atomic mass is 9.88. The van der Waals surface area contributed by atoms with Crippen molar-refractivity contribution in [1.29, 1.82) is 0 Å². The molecule has 4 heteroatoms. The number of carbonyl (C=O) groups is 1. The van der Waals surface area contributed by atoms with Crippen molar-refractivity contribution in [2.24, 2.45) is 0 Å². The van der Waals surface area contributed by atoms with Crippen LogP contribution in [-0.4, -0.2) is 18.6 Å². The van der Waals surface area contributed by atoms with Crippen LogP contribution in [0.25, 0.3) is 0 Å². The first kappa shape index (κ1) is 10.6. The molecule has 0 aromatic heterocycles. The Morgan fingerprint density at radius 2 is 2.33 bits per heavy atom. The molecule has 0 radical (unpaired) electrons. The maximum absolute atomic E-state index is 13.4. The van der Waals surface area contributed by atoms with Gasteiger partial charge >= 0.3 is 0 Å². The summed E-state index contributed by atoms with van der Waals surface area (Å²) in [6.07, 6.45) is -0.960. The van der Waals surface area contributed by atoms with Crippen LogP contribution in [0.2, 0.25) is 0 Å². The van der Waals surface area contributed by atoms with E-state index in [0.717, 1.165) is 10.0 Å². The third kappa shape index (κ3) is 1.91. The summed E-state index contributed by atoms with van der Waals surface area (Å²) >= 11 is 3.33. The standard InChI is InChI=1S/C11H11BrFNO/c1-6(13)10-5-14-11(15)8-3-2-7(12)4-9(8)10/h2-4,6,10H,5H2,1H3,(H,14,15)/t6-,10+/m0/s1. The predicted molar refractivity (Wildman–Crippen MR) is 59.8 cm³/mol. The third-order valence-electron chi connectivity index (χ3n) is 2.69. The summed E-state index contributed by atoms with van der Waals surface area (Å²) in [6, 6.07) is 5.35. The topological polar surface area (TPSA) is 29.1 Å². The Bertz CT molecular complexity index is 406. The highest BCUT2D eigenvalue weighted by Gasteiger charge is 2.29. The van der Waals surface area contributed by atoms with E-state index in [1.54, 1.807) is 12.1 Å². The average Bonchev–Trinajstić information content (AvgIpc) is 2.17. The number of fused-ring (bicyclic) bond motifs is 1. The van der Waals surface area contributed by atoms with Crippen LogP contribution in [0, 0.1) is 0 Å². The van der Waals surface area contributed by atoms with Crippen molar-refractivity contribution in [3.05, 3.63) is 33.8 Å². The summed E-state index contributed by atoms with van der Waals surface area (Å²) in [7, 11) is 0. The van der Waals surface area contributed by atoms with Crippen molar-refractivity contribution >= 4 is 21.8 Å². The number of nitrogens with one attached hydrogen (secondary N) is 1. The van der Waals surface area contributed by atoms with Crippen molar-refractivity contribution in [2.75, 3.05) is 6.54 Å². The molecule has 0 fully saturated rings. The number of amides is 1. The second-order valence-corrected chi connectivity index (χ2v) is 4.64. The number of benzene rings is 1. The molecule has 80 valence electrons. The van der Waals surface area contributed by atoms with Crippen LogP contribution in [0.5, 0.6) is 0 Å². The van der Waals surface area contributed by atoms with Crippen molar-refractivity contribution in [2.45, 2.75) is 19.0 Å². The highest BCUT2D eigenvalue weighted by molar-refractivity contribution is 9.10. The Morgan fingerprint density at radius 3 is 3.00 bits per heavy atom. The van der Waals surface area contributed by atoms with Gasteiger partial charge in [0.1, 0.15) is 6.17 Å². The fourth-order valence-corrected chi connectivity index (χ4v) is 2.24. The van der Waals surface area contributed by atoms with E-state index in [1.165, 1.54) is 6.92 Å². The van der Waals surface area contributed by atoms with Gasteiger partial charge in [0.15, 0.2) is 0 Å². The summed E-state index contributed by atoms with van der Waals surface area (Å²) in [5.41, 5.74) is 1.38. The van der Waals surface area contributed by atoms with Crippen LogP contribution in [-0.2, 0) is 0 Å². The fourth-order valence-electron chi connectivity index (χ4n) is 1.86. The van der Waals surface area contributed by atoms with Gasteiger partial charge in [0.25, 0.3) is 5.91 Å². The number of halogens is 2. The molecular weight excluding hydrogens is 261 g/mol. The molecule has 1 aliphatic heterocycles. The van der Waals surface area contributed by atoms with Crippen molar-refractivity contribution < 1.29 is 9.18 Å². The van der Waals surface area contributed by atoms with Gasteiger partial charge in [-0.1, -0.05) is 15.9 Å². The zero-order valence-electron chi connectivity index (χ0n) is 8.26. The second kappa shape index (κ2) is 3.93. The summed E-state index contributed by atoms with van der Waals surface area (Å²) in [5.74, 6) is -0.357. The third-order valence-corrected chi connectivity index (χ3v) is 3.19. The van der Waals surface area contributed by atoms with E-state index in [0.29, 0.717) is 12.1 Å². The van der Waals surface area contributed by atoms with Crippen LogP contribution in [0.15, 0.2) is 22.7 Å². The Hall–Kier alpha value is -0.900. The van der Waals surface area contributed by atoms with Gasteiger partial charge in [0.05, 0.1) is 0 Å². The molecule has 1 aliphatic rings. The Morgan fingerprint density at radius 1 is 1.60 bits per heavy atom. The van der Waals surface area contributed by atoms with Crippen LogP contribution >= 0.6 is 15.9 Å². The quantitative estimate of drug-likeness (QED) is 0.836. The van der Waals surface area contributed by atoms with E-state index < -0.39 is 6.17 Å². The molecule has 1 heterocycles. The molecule has 0 aliphatic carbocycles. The SMILES string of the molecule is C[C@H](F)[C@H]1CNC(=O)c2ccc(Br)cc21. The second-order valence-electron chi connectivity index (χ2n) is 3.73. The highest BCUT2D eigenvalue weighted by Crippen LogP contribution is 2.30. The van der Waals surface area contributed by atoms with Crippen LogP contribution in [0.1, 0.15) is 28.8 Å². The monoisotopic (exact) mass is 271 g/mol. The first-order valence-electron chi connectivity index (χ1n) is 4.81. The first-order valence-corrected chi connectivity index (χ1v) is 5.60. The molecule has 1 N–H and O–H groups in total. The van der Waals surface area contributed by atoms with Gasteiger partial charge in [-0.2, -0.15) is 0 Å². The van der Waals surface area contributed by atoms with Crippen LogP contribution < -0.4 is 5.32 Å². The molecule has 0 bridgehead atoms. The normalized spacial score (nSPS) is 21.8. The Balaban J connectivity index is 2.51. The summed E-state index contributed by atoms with van der Waals surface area (Å²) in [6.45, 7) is 1.90. The number of alkyl halides is 1. The van der Waals surface area contributed by atoms with Gasteiger partial charge in [-0.25, -0.2) is 4.39 Å². The van der Waals surface area contributed by atoms with Gasteiger partial charge in [-0.05, 0) is 30.7 Å². The predicted octanol–water partition coefficient (Wildman–Crippen LogP) is 2.63. The molecule has 0 unspecified atom stereocenters. The zero-order valence-corrected chi connectivity index (χ0v) is 9.84. The molecule has 1 aromatic rings. The molecule has 2 rings (SSSR count). The minimum Gasteiger partial charge on any atom is -0.351 e. The van der Waals surface area contributed by atoms with E-state index in [2.05, 4.69) is 21.2 Å². The molecule has 0 spiro atoms. The van der Waals surface area contributed by atoms with E-state index in [9.17, 15) is 9.18 Å². The molecular formula is C11H11BrFNO. The maximum atomic E-state index is 13.4. The van der Waals surface area contributed by atoms with Gasteiger partial charge in [-0.3, -0.25) is 4.79 Å². The molecule has 0 saturated carbocycles. The fraction of sp³-hybridized carbons (Fsp3) is 0.364. The number of rotatable bonds is 1. The zero-order chi connectivity index (χ0) is 11.0.